The third-order valence-electron chi connectivity index (χ3n) is 5.08. The van der Waals surface area contributed by atoms with Crippen LogP contribution in [0.3, 0.4) is 0 Å². The van der Waals surface area contributed by atoms with Crippen molar-refractivity contribution in [1.82, 2.24) is 19.5 Å². The number of nitrogens with zero attached hydrogens (tertiary/aromatic N) is 4. The quantitative estimate of drug-likeness (QED) is 0.410. The molecular formula is C22H30BrN5. The van der Waals surface area contributed by atoms with Crippen molar-refractivity contribution in [1.29, 1.82) is 0 Å². The summed E-state index contributed by atoms with van der Waals surface area (Å²) in [4.78, 5) is 14.0. The largest absolute Gasteiger partial charge is 0.337 e. The summed E-state index contributed by atoms with van der Waals surface area (Å²) in [6, 6.07) is 6.84. The van der Waals surface area contributed by atoms with E-state index in [1.807, 2.05) is 13.3 Å². The smallest absolute Gasteiger partial charge is 0.166 e. The predicted molar refractivity (Wildman–Crippen MR) is 120 cm³/mol. The molecule has 0 aliphatic carbocycles. The van der Waals surface area contributed by atoms with Gasteiger partial charge in [0.15, 0.2) is 17.0 Å². The van der Waals surface area contributed by atoms with Crippen molar-refractivity contribution in [3.8, 4) is 0 Å². The van der Waals surface area contributed by atoms with Crippen LogP contribution in [0.4, 0.5) is 11.5 Å². The Hall–Kier alpha value is -1.95. The first-order chi connectivity index (χ1) is 13.4. The molecule has 3 aromatic rings. The first-order valence-corrected chi connectivity index (χ1v) is 11.0. The Morgan fingerprint density at radius 3 is 2.43 bits per heavy atom. The number of fused-ring (bicyclic) bond motifs is 1. The number of halogens is 1. The molecule has 0 saturated carbocycles. The summed E-state index contributed by atoms with van der Waals surface area (Å²) in [6.45, 7) is 10.8. The topological polar surface area (TPSA) is 55.6 Å². The minimum atomic E-state index is 0.430. The first kappa shape index (κ1) is 20.8. The highest BCUT2D eigenvalue weighted by Gasteiger charge is 2.18. The van der Waals surface area contributed by atoms with Gasteiger partial charge in [0, 0.05) is 10.5 Å². The Balaban J connectivity index is 2.01. The van der Waals surface area contributed by atoms with Gasteiger partial charge in [0.1, 0.15) is 5.82 Å². The molecule has 0 aliphatic rings. The fourth-order valence-corrected chi connectivity index (χ4v) is 4.08. The Morgan fingerprint density at radius 1 is 1.11 bits per heavy atom. The minimum absolute atomic E-state index is 0.430. The van der Waals surface area contributed by atoms with Crippen molar-refractivity contribution in [3.05, 3.63) is 40.4 Å². The van der Waals surface area contributed by atoms with Crippen LogP contribution in [-0.4, -0.2) is 19.5 Å². The molecule has 150 valence electrons. The number of rotatable bonds is 8. The summed E-state index contributed by atoms with van der Waals surface area (Å²) in [5, 5.41) is 3.46. The number of hydrogen-bond donors (Lipinski definition) is 1. The van der Waals surface area contributed by atoms with Crippen LogP contribution >= 0.6 is 15.9 Å². The zero-order valence-electron chi connectivity index (χ0n) is 17.5. The van der Waals surface area contributed by atoms with Crippen molar-refractivity contribution in [2.45, 2.75) is 72.3 Å². The predicted octanol–water partition coefficient (Wildman–Crippen LogP) is 6.91. The van der Waals surface area contributed by atoms with Crippen LogP contribution in [0.1, 0.15) is 76.7 Å². The molecule has 0 amide bonds. The second-order valence-corrected chi connectivity index (χ2v) is 8.55. The second kappa shape index (κ2) is 9.03. The van der Waals surface area contributed by atoms with Crippen LogP contribution in [-0.2, 0) is 0 Å². The number of hydrogen-bond acceptors (Lipinski definition) is 4. The van der Waals surface area contributed by atoms with Crippen molar-refractivity contribution in [2.75, 3.05) is 5.32 Å². The summed E-state index contributed by atoms with van der Waals surface area (Å²) in [6.07, 6.45) is 6.49. The third kappa shape index (κ3) is 4.37. The zero-order valence-corrected chi connectivity index (χ0v) is 19.0. The summed E-state index contributed by atoms with van der Waals surface area (Å²) >= 11 is 3.69. The molecule has 6 heteroatoms. The van der Waals surface area contributed by atoms with Gasteiger partial charge in [-0.25, -0.2) is 15.0 Å². The maximum atomic E-state index is 4.72. The Morgan fingerprint density at radius 2 is 1.82 bits per heavy atom. The minimum Gasteiger partial charge on any atom is -0.337 e. The Kier molecular flexibility index (Phi) is 6.70. The summed E-state index contributed by atoms with van der Waals surface area (Å²) in [5.74, 6) is 1.99. The van der Waals surface area contributed by atoms with E-state index in [2.05, 4.69) is 81.7 Å². The Bertz CT molecular complexity index is 941. The van der Waals surface area contributed by atoms with Crippen molar-refractivity contribution >= 4 is 38.6 Å². The summed E-state index contributed by atoms with van der Waals surface area (Å²) in [5.41, 5.74) is 4.02. The van der Waals surface area contributed by atoms with Crippen LogP contribution in [0.15, 0.2) is 29.0 Å². The highest BCUT2D eigenvalue weighted by molar-refractivity contribution is 9.10. The molecule has 0 saturated heterocycles. The van der Waals surface area contributed by atoms with E-state index in [1.165, 1.54) is 5.56 Å². The average Bonchev–Trinajstić information content (AvgIpc) is 3.06. The van der Waals surface area contributed by atoms with Gasteiger partial charge in [-0.1, -0.05) is 46.6 Å². The lowest BCUT2D eigenvalue weighted by Crippen LogP contribution is -2.09. The molecule has 0 spiro atoms. The maximum absolute atomic E-state index is 4.72. The van der Waals surface area contributed by atoms with Crippen LogP contribution < -0.4 is 5.32 Å². The lowest BCUT2D eigenvalue weighted by atomic mass is 10.0. The monoisotopic (exact) mass is 443 g/mol. The average molecular weight is 444 g/mol. The molecule has 1 aromatic carbocycles. The van der Waals surface area contributed by atoms with E-state index in [1.54, 1.807) is 0 Å². The normalized spacial score (nSPS) is 11.7. The van der Waals surface area contributed by atoms with Crippen LogP contribution in [0.25, 0.3) is 11.2 Å². The van der Waals surface area contributed by atoms with E-state index >= 15 is 0 Å². The third-order valence-corrected chi connectivity index (χ3v) is 5.74. The van der Waals surface area contributed by atoms with Gasteiger partial charge in [-0.3, -0.25) is 0 Å². The van der Waals surface area contributed by atoms with E-state index in [0.717, 1.165) is 58.6 Å². The molecule has 0 bridgehead atoms. The van der Waals surface area contributed by atoms with E-state index < -0.39 is 0 Å². The lowest BCUT2D eigenvalue weighted by molar-refractivity contribution is 0.433. The summed E-state index contributed by atoms with van der Waals surface area (Å²) < 4.78 is 3.26. The molecule has 5 nitrogen and oxygen atoms in total. The molecule has 1 N–H and O–H groups in total. The highest BCUT2D eigenvalue weighted by Crippen LogP contribution is 2.32. The number of anilines is 2. The fourth-order valence-electron chi connectivity index (χ4n) is 3.59. The fraction of sp³-hybridized carbons (Fsp3) is 0.500. The van der Waals surface area contributed by atoms with Crippen LogP contribution in [0.2, 0.25) is 0 Å². The van der Waals surface area contributed by atoms with Gasteiger partial charge >= 0.3 is 0 Å². The van der Waals surface area contributed by atoms with Gasteiger partial charge in [-0.05, 0) is 59.3 Å². The van der Waals surface area contributed by atoms with Crippen molar-refractivity contribution < 1.29 is 0 Å². The van der Waals surface area contributed by atoms with E-state index in [0.29, 0.717) is 12.0 Å². The van der Waals surface area contributed by atoms with Gasteiger partial charge in [-0.15, -0.1) is 0 Å². The van der Waals surface area contributed by atoms with E-state index in [9.17, 15) is 0 Å². The van der Waals surface area contributed by atoms with Gasteiger partial charge in [0.05, 0.1) is 12.0 Å². The lowest BCUT2D eigenvalue weighted by Gasteiger charge is -2.18. The number of aryl methyl sites for hydroxylation is 1. The molecule has 2 heterocycles. The van der Waals surface area contributed by atoms with Gasteiger partial charge in [-0.2, -0.15) is 0 Å². The van der Waals surface area contributed by atoms with Gasteiger partial charge in [0.2, 0.25) is 0 Å². The molecular weight excluding hydrogens is 414 g/mol. The van der Waals surface area contributed by atoms with Gasteiger partial charge < -0.3 is 9.88 Å². The molecule has 0 fully saturated rings. The number of aromatic nitrogens is 4. The molecule has 0 unspecified atom stereocenters. The number of benzene rings is 1. The van der Waals surface area contributed by atoms with Crippen molar-refractivity contribution in [3.63, 3.8) is 0 Å². The molecule has 2 aromatic heterocycles. The molecule has 28 heavy (non-hydrogen) atoms. The van der Waals surface area contributed by atoms with Gasteiger partial charge in [0.25, 0.3) is 0 Å². The SMILES string of the molecule is CCCC(CCC)n1cnc2c(Nc3ccc(C(C)C)cc3Br)nc(C)nc21. The maximum Gasteiger partial charge on any atom is 0.166 e. The Labute approximate surface area is 176 Å². The van der Waals surface area contributed by atoms with Crippen LogP contribution in [0, 0.1) is 6.92 Å². The second-order valence-electron chi connectivity index (χ2n) is 7.69. The highest BCUT2D eigenvalue weighted by atomic mass is 79.9. The molecule has 0 atom stereocenters. The van der Waals surface area contributed by atoms with Crippen LogP contribution in [0.5, 0.6) is 0 Å². The molecule has 3 rings (SSSR count). The standard InChI is InChI=1S/C22H30BrN5/c1-6-8-17(9-7-2)28-13-24-20-21(25-15(5)26-22(20)28)27-19-11-10-16(14(3)4)12-18(19)23/h10-14,17H,6-9H2,1-5H3,(H,25,26,27). The number of imidazole rings is 1. The molecule has 0 aliphatic heterocycles. The zero-order chi connectivity index (χ0) is 20.3. The van der Waals surface area contributed by atoms with E-state index in [4.69, 9.17) is 4.98 Å². The van der Waals surface area contributed by atoms with E-state index in [-0.39, 0.29) is 0 Å². The number of nitrogens with one attached hydrogen (secondary N) is 1. The first-order valence-electron chi connectivity index (χ1n) is 10.2. The summed E-state index contributed by atoms with van der Waals surface area (Å²) in [7, 11) is 0. The molecule has 0 radical (unpaired) electrons. The van der Waals surface area contributed by atoms with Crippen molar-refractivity contribution in [2.24, 2.45) is 0 Å².